The van der Waals surface area contributed by atoms with Crippen LogP contribution in [0.15, 0.2) is 0 Å². The number of hydrogen-bond donors (Lipinski definition) is 0. The molecule has 0 fully saturated rings. The van der Waals surface area contributed by atoms with Crippen LogP contribution >= 0.6 is 124 Å². The highest BCUT2D eigenvalue weighted by Crippen LogP contribution is 2.59. The van der Waals surface area contributed by atoms with E-state index in [0.29, 0.717) is 0 Å². The lowest BCUT2D eigenvalue weighted by molar-refractivity contribution is 0.326. The number of benzene rings is 2. The van der Waals surface area contributed by atoms with Crippen molar-refractivity contribution in [3.8, 4) is 11.5 Å². The molecular weight excluding hydrogens is 616 g/mol. The molecule has 2 rings (SSSR count). The van der Waals surface area contributed by atoms with Crippen LogP contribution in [0.2, 0.25) is 50.2 Å². The van der Waals surface area contributed by atoms with Gasteiger partial charge in [-0.05, 0) is 14.1 Å². The van der Waals surface area contributed by atoms with Crippen LogP contribution in [-0.2, 0) is 4.57 Å². The predicted molar refractivity (Wildman–Crippen MR) is 126 cm³/mol. The van der Waals surface area contributed by atoms with Gasteiger partial charge in [-0.3, -0.25) is 0 Å². The molecule has 0 aliphatic carbocycles. The zero-order chi connectivity index (χ0) is 22.4. The zero-order valence-corrected chi connectivity index (χ0v) is 22.4. The van der Waals surface area contributed by atoms with E-state index in [0.717, 1.165) is 4.67 Å². The second kappa shape index (κ2) is 9.95. The van der Waals surface area contributed by atoms with E-state index in [1.165, 1.54) is 14.1 Å². The number of halogens is 10. The minimum Gasteiger partial charge on any atom is -0.401 e. The first-order valence-electron chi connectivity index (χ1n) is 6.94. The molecule has 0 saturated heterocycles. The minimum atomic E-state index is -4.28. The third-order valence-electron chi connectivity index (χ3n) is 3.24. The van der Waals surface area contributed by atoms with Crippen molar-refractivity contribution in [3.63, 3.8) is 0 Å². The van der Waals surface area contributed by atoms with E-state index in [1.54, 1.807) is 0 Å². The third-order valence-corrected chi connectivity index (χ3v) is 9.53. The average Bonchev–Trinajstić information content (AvgIpc) is 2.68. The van der Waals surface area contributed by atoms with Crippen molar-refractivity contribution < 1.29 is 13.6 Å². The van der Waals surface area contributed by atoms with Crippen LogP contribution < -0.4 is 9.05 Å². The molecule has 0 atom stereocenters. The Balaban J connectivity index is 2.64. The summed E-state index contributed by atoms with van der Waals surface area (Å²) in [6, 6.07) is 0. The summed E-state index contributed by atoms with van der Waals surface area (Å²) in [5.41, 5.74) is 0. The van der Waals surface area contributed by atoms with Gasteiger partial charge in [0.15, 0.2) is 11.5 Å². The van der Waals surface area contributed by atoms with E-state index in [9.17, 15) is 4.57 Å². The van der Waals surface area contributed by atoms with Gasteiger partial charge in [-0.15, -0.1) is 0 Å². The molecule has 15 heteroatoms. The van der Waals surface area contributed by atoms with Gasteiger partial charge >= 0.3 is 7.75 Å². The van der Waals surface area contributed by atoms with Gasteiger partial charge in [0.05, 0.1) is 30.1 Å². The highest BCUT2D eigenvalue weighted by atomic mass is 35.5. The maximum Gasteiger partial charge on any atom is 0.515 e. The summed E-state index contributed by atoms with van der Waals surface area (Å²) in [7, 11) is -1.52. The van der Waals surface area contributed by atoms with Crippen LogP contribution in [0.5, 0.6) is 11.5 Å². The van der Waals surface area contributed by atoms with E-state index >= 15 is 0 Å². The van der Waals surface area contributed by atoms with Crippen LogP contribution in [0.25, 0.3) is 0 Å². The number of hydrogen-bond acceptors (Lipinski definition) is 3. The van der Waals surface area contributed by atoms with Gasteiger partial charge in [0, 0.05) is 0 Å². The van der Waals surface area contributed by atoms with Crippen LogP contribution in [-0.4, -0.2) is 18.8 Å². The third kappa shape index (κ3) is 5.05. The van der Waals surface area contributed by atoms with Crippen molar-refractivity contribution in [2.75, 3.05) is 14.1 Å². The Morgan fingerprint density at radius 3 is 0.931 bits per heavy atom. The SMILES string of the molecule is CN(C)P(=O)(Oc1c(Cl)c(Cl)c(Cl)c(Cl)c1Cl)Oc1c(Cl)c(Cl)c(Cl)c(Cl)c1Cl. The van der Waals surface area contributed by atoms with E-state index in [2.05, 4.69) is 0 Å². The fourth-order valence-electron chi connectivity index (χ4n) is 1.74. The fourth-order valence-corrected chi connectivity index (χ4v) is 5.54. The molecule has 0 bridgehead atoms. The number of nitrogens with zero attached hydrogens (tertiary/aromatic N) is 1. The van der Waals surface area contributed by atoms with E-state index in [4.69, 9.17) is 125 Å². The summed E-state index contributed by atoms with van der Waals surface area (Å²) in [4.78, 5) is 0. The van der Waals surface area contributed by atoms with E-state index in [1.807, 2.05) is 0 Å². The van der Waals surface area contributed by atoms with Gasteiger partial charge in [0.1, 0.15) is 20.1 Å². The molecule has 4 nitrogen and oxygen atoms in total. The van der Waals surface area contributed by atoms with Crippen molar-refractivity contribution in [1.29, 1.82) is 0 Å². The lowest BCUT2D eigenvalue weighted by Crippen LogP contribution is -2.18. The quantitative estimate of drug-likeness (QED) is 0.189. The molecule has 2 aromatic rings. The van der Waals surface area contributed by atoms with Crippen LogP contribution in [0.1, 0.15) is 0 Å². The fraction of sp³-hybridized carbons (Fsp3) is 0.143. The van der Waals surface area contributed by atoms with Gasteiger partial charge in [-0.2, -0.15) is 4.67 Å². The maximum atomic E-state index is 13.5. The summed E-state index contributed by atoms with van der Waals surface area (Å²) in [5, 5.41) is -1.90. The Hall–Kier alpha value is 1.13. The van der Waals surface area contributed by atoms with Gasteiger partial charge < -0.3 is 9.05 Å². The Labute approximate surface area is 216 Å². The van der Waals surface area contributed by atoms with Gasteiger partial charge in [0.2, 0.25) is 0 Å². The molecule has 0 aliphatic heterocycles. The molecule has 0 radical (unpaired) electrons. The van der Waals surface area contributed by atoms with Crippen molar-refractivity contribution in [3.05, 3.63) is 50.2 Å². The van der Waals surface area contributed by atoms with Gasteiger partial charge in [-0.1, -0.05) is 116 Å². The molecule has 0 N–H and O–H groups in total. The summed E-state index contributed by atoms with van der Waals surface area (Å²) < 4.78 is 25.6. The first-order chi connectivity index (χ1) is 13.2. The van der Waals surface area contributed by atoms with Crippen molar-refractivity contribution in [2.24, 2.45) is 0 Å². The molecule has 0 unspecified atom stereocenters. The van der Waals surface area contributed by atoms with Crippen molar-refractivity contribution >= 4 is 124 Å². The highest BCUT2D eigenvalue weighted by Gasteiger charge is 2.37. The minimum absolute atomic E-state index is 0.112. The van der Waals surface area contributed by atoms with Crippen molar-refractivity contribution in [1.82, 2.24) is 4.67 Å². The molecule has 160 valence electrons. The standard InChI is InChI=1S/C14H6Cl10NO3P/c1-25(2)29(26,27-13-9(21)5(17)3(15)6(18)10(13)22)28-14-11(23)7(19)4(16)8(20)12(14)24/h1-2H3. The predicted octanol–water partition coefficient (Wildman–Crippen LogP) is 10.3. The van der Waals surface area contributed by atoms with E-state index in [-0.39, 0.29) is 61.7 Å². The Morgan fingerprint density at radius 2 is 0.724 bits per heavy atom. The summed E-state index contributed by atoms with van der Waals surface area (Å²) in [5.74, 6) is -0.689. The molecule has 0 saturated carbocycles. The van der Waals surface area contributed by atoms with Gasteiger partial charge in [0.25, 0.3) is 0 Å². The molecule has 0 amide bonds. The largest absolute Gasteiger partial charge is 0.515 e. The average molecular weight is 622 g/mol. The summed E-state index contributed by atoms with van der Waals surface area (Å²) >= 11 is 60.5. The Bertz CT molecular complexity index is 912. The smallest absolute Gasteiger partial charge is 0.401 e. The lowest BCUT2D eigenvalue weighted by Gasteiger charge is -2.27. The van der Waals surface area contributed by atoms with Gasteiger partial charge in [-0.25, -0.2) is 4.57 Å². The van der Waals surface area contributed by atoms with Crippen LogP contribution in [0.4, 0.5) is 0 Å². The monoisotopic (exact) mass is 617 g/mol. The molecule has 2 aromatic carbocycles. The number of rotatable bonds is 5. The summed E-state index contributed by atoms with van der Waals surface area (Å²) in [6.45, 7) is 0. The topological polar surface area (TPSA) is 38.8 Å². The molecule has 29 heavy (non-hydrogen) atoms. The zero-order valence-electron chi connectivity index (χ0n) is 13.9. The molecule has 0 aliphatic rings. The second-order valence-corrected chi connectivity index (χ2v) is 11.2. The molecule has 0 heterocycles. The van der Waals surface area contributed by atoms with Crippen LogP contribution in [0, 0.1) is 0 Å². The normalized spacial score (nSPS) is 11.9. The molecule has 0 spiro atoms. The Morgan fingerprint density at radius 1 is 0.517 bits per heavy atom. The Kier molecular flexibility index (Phi) is 9.05. The summed E-state index contributed by atoms with van der Waals surface area (Å²) in [6.07, 6.45) is 0. The second-order valence-electron chi connectivity index (χ2n) is 5.30. The highest BCUT2D eigenvalue weighted by molar-refractivity contribution is 7.52. The molecular formula is C14H6Cl10NO3P. The van der Waals surface area contributed by atoms with Crippen molar-refractivity contribution in [2.45, 2.75) is 0 Å². The molecule has 0 aromatic heterocycles. The first kappa shape index (κ1) is 26.4. The van der Waals surface area contributed by atoms with Crippen LogP contribution in [0.3, 0.4) is 0 Å². The lowest BCUT2D eigenvalue weighted by atomic mass is 10.3. The van der Waals surface area contributed by atoms with E-state index < -0.39 is 7.75 Å². The maximum absolute atomic E-state index is 13.5. The first-order valence-corrected chi connectivity index (χ1v) is 12.2.